The van der Waals surface area contributed by atoms with Crippen molar-refractivity contribution in [3.05, 3.63) is 34.2 Å². The number of nitrogens with one attached hydrogen (secondary N) is 2. The quantitative estimate of drug-likeness (QED) is 0.704. The Bertz CT molecular complexity index is 435. The zero-order valence-corrected chi connectivity index (χ0v) is 9.48. The molecule has 1 aliphatic rings. The van der Waals surface area contributed by atoms with Crippen LogP contribution in [0.4, 0.5) is 0 Å². The third-order valence-corrected chi connectivity index (χ3v) is 3.19. The minimum absolute atomic E-state index is 0.154. The zero-order valence-electron chi connectivity index (χ0n) is 9.48. The van der Waals surface area contributed by atoms with Gasteiger partial charge < -0.3 is 15.4 Å². The first-order chi connectivity index (χ1) is 8.16. The summed E-state index contributed by atoms with van der Waals surface area (Å²) in [5.74, 6) is -0.0675. The Labute approximate surface area is 98.9 Å². The van der Waals surface area contributed by atoms with Crippen LogP contribution in [0.5, 0.6) is 0 Å². The van der Waals surface area contributed by atoms with Crippen molar-refractivity contribution in [1.29, 1.82) is 0 Å². The van der Waals surface area contributed by atoms with E-state index in [1.807, 2.05) is 0 Å². The lowest BCUT2D eigenvalue weighted by atomic mass is 10.1. The van der Waals surface area contributed by atoms with Gasteiger partial charge in [0, 0.05) is 24.7 Å². The van der Waals surface area contributed by atoms with Crippen LogP contribution in [0.1, 0.15) is 29.6 Å². The number of aliphatic hydroxyl groups excluding tert-OH is 1. The van der Waals surface area contributed by atoms with E-state index >= 15 is 0 Å². The topological polar surface area (TPSA) is 82.2 Å². The van der Waals surface area contributed by atoms with E-state index in [4.69, 9.17) is 0 Å². The van der Waals surface area contributed by atoms with Gasteiger partial charge in [0.15, 0.2) is 0 Å². The second kappa shape index (κ2) is 5.14. The number of amides is 1. The van der Waals surface area contributed by atoms with Gasteiger partial charge in [0.1, 0.15) is 0 Å². The first-order valence-corrected chi connectivity index (χ1v) is 5.82. The Hall–Kier alpha value is -1.62. The highest BCUT2D eigenvalue weighted by Gasteiger charge is 2.25. The molecule has 1 aliphatic carbocycles. The summed E-state index contributed by atoms with van der Waals surface area (Å²) in [6, 6.07) is 2.80. The summed E-state index contributed by atoms with van der Waals surface area (Å²) in [5.41, 5.74) is 0.199. The van der Waals surface area contributed by atoms with Gasteiger partial charge in [-0.15, -0.1) is 0 Å². The van der Waals surface area contributed by atoms with Gasteiger partial charge in [-0.05, 0) is 18.9 Å². The Kier molecular flexibility index (Phi) is 3.58. The lowest BCUT2D eigenvalue weighted by molar-refractivity contribution is 0.0916. The van der Waals surface area contributed by atoms with Crippen LogP contribution in [0.2, 0.25) is 0 Å². The van der Waals surface area contributed by atoms with Gasteiger partial charge in [0.05, 0.1) is 11.7 Å². The van der Waals surface area contributed by atoms with E-state index in [0.29, 0.717) is 12.1 Å². The van der Waals surface area contributed by atoms with Crippen molar-refractivity contribution in [3.63, 3.8) is 0 Å². The van der Waals surface area contributed by atoms with E-state index in [9.17, 15) is 14.7 Å². The summed E-state index contributed by atoms with van der Waals surface area (Å²) >= 11 is 0. The molecule has 0 aromatic carbocycles. The fraction of sp³-hybridized carbons (Fsp3) is 0.500. The largest absolute Gasteiger partial charge is 0.393 e. The molecule has 5 heteroatoms. The number of hydrogen-bond donors (Lipinski definition) is 3. The lowest BCUT2D eigenvalue weighted by Crippen LogP contribution is -2.32. The van der Waals surface area contributed by atoms with Gasteiger partial charge in [-0.1, -0.05) is 6.42 Å². The van der Waals surface area contributed by atoms with E-state index in [1.165, 1.54) is 18.3 Å². The standard InChI is InChI=1S/C12H16N2O3/c15-10-3-1-2-8(10)6-14-12(17)9-4-5-11(16)13-7-9/h4-5,7-8,10,15H,1-3,6H2,(H,13,16)(H,14,17). The molecular weight excluding hydrogens is 220 g/mol. The van der Waals surface area contributed by atoms with Crippen molar-refractivity contribution < 1.29 is 9.90 Å². The molecule has 1 fully saturated rings. The van der Waals surface area contributed by atoms with E-state index < -0.39 is 0 Å². The highest BCUT2D eigenvalue weighted by molar-refractivity contribution is 5.93. The number of pyridine rings is 1. The van der Waals surface area contributed by atoms with Gasteiger partial charge in [-0.2, -0.15) is 0 Å². The van der Waals surface area contributed by atoms with Crippen LogP contribution in [0, 0.1) is 5.92 Å². The number of aliphatic hydroxyl groups is 1. The molecule has 5 nitrogen and oxygen atoms in total. The Morgan fingerprint density at radius 3 is 2.88 bits per heavy atom. The maximum Gasteiger partial charge on any atom is 0.252 e. The number of rotatable bonds is 3. The van der Waals surface area contributed by atoms with Crippen LogP contribution in [-0.4, -0.2) is 28.6 Å². The normalized spacial score (nSPS) is 23.6. The molecule has 1 aromatic rings. The lowest BCUT2D eigenvalue weighted by Gasteiger charge is -2.14. The second-order valence-electron chi connectivity index (χ2n) is 4.41. The summed E-state index contributed by atoms with van der Waals surface area (Å²) in [5, 5.41) is 12.4. The van der Waals surface area contributed by atoms with Crippen molar-refractivity contribution in [3.8, 4) is 0 Å². The molecule has 0 aliphatic heterocycles. The molecule has 2 unspecified atom stereocenters. The predicted octanol–water partition coefficient (Wildman–Crippen LogP) is 0.266. The molecule has 92 valence electrons. The fourth-order valence-electron chi connectivity index (χ4n) is 2.13. The molecule has 0 radical (unpaired) electrons. The highest BCUT2D eigenvalue weighted by Crippen LogP contribution is 2.24. The van der Waals surface area contributed by atoms with Gasteiger partial charge in [0.25, 0.3) is 5.91 Å². The summed E-state index contributed by atoms with van der Waals surface area (Å²) in [6.07, 6.45) is 3.88. The van der Waals surface area contributed by atoms with Crippen molar-refractivity contribution >= 4 is 5.91 Å². The first-order valence-electron chi connectivity index (χ1n) is 5.82. The maximum atomic E-state index is 11.7. The molecule has 0 bridgehead atoms. The molecule has 1 heterocycles. The highest BCUT2D eigenvalue weighted by atomic mass is 16.3. The second-order valence-corrected chi connectivity index (χ2v) is 4.41. The van der Waals surface area contributed by atoms with Crippen LogP contribution in [0.25, 0.3) is 0 Å². The number of H-pyrrole nitrogens is 1. The fourth-order valence-corrected chi connectivity index (χ4v) is 2.13. The molecule has 0 saturated heterocycles. The van der Waals surface area contributed by atoms with Crippen LogP contribution >= 0.6 is 0 Å². The maximum absolute atomic E-state index is 11.7. The number of aromatic amines is 1. The van der Waals surface area contributed by atoms with Crippen molar-refractivity contribution in [1.82, 2.24) is 10.3 Å². The van der Waals surface area contributed by atoms with E-state index in [2.05, 4.69) is 10.3 Å². The number of carbonyl (C=O) groups excluding carboxylic acids is 1. The third-order valence-electron chi connectivity index (χ3n) is 3.19. The monoisotopic (exact) mass is 236 g/mol. The summed E-state index contributed by atoms with van der Waals surface area (Å²) in [4.78, 5) is 25.0. The number of hydrogen-bond acceptors (Lipinski definition) is 3. The van der Waals surface area contributed by atoms with Crippen LogP contribution in [-0.2, 0) is 0 Å². The number of aromatic nitrogens is 1. The van der Waals surface area contributed by atoms with Crippen molar-refractivity contribution in [2.45, 2.75) is 25.4 Å². The summed E-state index contributed by atoms with van der Waals surface area (Å²) in [7, 11) is 0. The SMILES string of the molecule is O=C(NCC1CCCC1O)c1ccc(=O)[nH]c1. The Morgan fingerprint density at radius 1 is 1.47 bits per heavy atom. The van der Waals surface area contributed by atoms with Gasteiger partial charge in [0.2, 0.25) is 5.56 Å². The Balaban J connectivity index is 1.89. The van der Waals surface area contributed by atoms with E-state index in [-0.39, 0.29) is 23.5 Å². The number of carbonyl (C=O) groups is 1. The predicted molar refractivity (Wildman–Crippen MR) is 62.7 cm³/mol. The molecular formula is C12H16N2O3. The molecule has 2 atom stereocenters. The first kappa shape index (κ1) is 11.9. The molecule has 1 amide bonds. The van der Waals surface area contributed by atoms with Gasteiger partial charge in [-0.3, -0.25) is 9.59 Å². The van der Waals surface area contributed by atoms with Crippen LogP contribution in [0.3, 0.4) is 0 Å². The minimum atomic E-state index is -0.300. The minimum Gasteiger partial charge on any atom is -0.393 e. The zero-order chi connectivity index (χ0) is 12.3. The molecule has 2 rings (SSSR count). The van der Waals surface area contributed by atoms with Gasteiger partial charge in [-0.25, -0.2) is 0 Å². The van der Waals surface area contributed by atoms with Gasteiger partial charge >= 0.3 is 0 Å². The summed E-state index contributed by atoms with van der Waals surface area (Å²) in [6.45, 7) is 0.485. The summed E-state index contributed by atoms with van der Waals surface area (Å²) < 4.78 is 0. The molecule has 1 aromatic heterocycles. The smallest absolute Gasteiger partial charge is 0.252 e. The molecule has 1 saturated carbocycles. The van der Waals surface area contributed by atoms with Crippen molar-refractivity contribution in [2.24, 2.45) is 5.92 Å². The average Bonchev–Trinajstić information content (AvgIpc) is 2.73. The average molecular weight is 236 g/mol. The molecule has 0 spiro atoms. The van der Waals surface area contributed by atoms with Crippen LogP contribution < -0.4 is 10.9 Å². The van der Waals surface area contributed by atoms with Crippen LogP contribution in [0.15, 0.2) is 23.1 Å². The van der Waals surface area contributed by atoms with E-state index in [1.54, 1.807) is 0 Å². The van der Waals surface area contributed by atoms with Crippen molar-refractivity contribution in [2.75, 3.05) is 6.54 Å². The molecule has 3 N–H and O–H groups in total. The Morgan fingerprint density at radius 2 is 2.29 bits per heavy atom. The van der Waals surface area contributed by atoms with E-state index in [0.717, 1.165) is 19.3 Å². The third kappa shape index (κ3) is 2.94. The molecule has 17 heavy (non-hydrogen) atoms.